The molecule has 120 valence electrons. The Bertz CT molecular complexity index is 829. The van der Waals surface area contributed by atoms with E-state index in [4.69, 9.17) is 4.42 Å². The Hall–Kier alpha value is -3.41. The summed E-state index contributed by atoms with van der Waals surface area (Å²) in [5.41, 5.74) is 2.02. The van der Waals surface area contributed by atoms with Crippen LogP contribution in [0.5, 0.6) is 0 Å². The minimum atomic E-state index is -0.573. The van der Waals surface area contributed by atoms with E-state index in [1.54, 1.807) is 0 Å². The normalized spacial score (nSPS) is 10.8. The lowest BCUT2D eigenvalue weighted by Crippen LogP contribution is -2.15. The van der Waals surface area contributed by atoms with Crippen molar-refractivity contribution >= 4 is 17.8 Å². The van der Waals surface area contributed by atoms with E-state index in [0.717, 1.165) is 11.3 Å². The summed E-state index contributed by atoms with van der Waals surface area (Å²) in [4.78, 5) is 10.1. The minimum Gasteiger partial charge on any atom is -0.400 e. The van der Waals surface area contributed by atoms with E-state index in [-0.39, 0.29) is 5.88 Å². The van der Waals surface area contributed by atoms with E-state index >= 15 is 0 Å². The molecule has 0 amide bonds. The van der Waals surface area contributed by atoms with Gasteiger partial charge in [-0.2, -0.15) is 5.10 Å². The van der Waals surface area contributed by atoms with Gasteiger partial charge in [0.1, 0.15) is 4.92 Å². The van der Waals surface area contributed by atoms with Crippen molar-refractivity contribution in [2.24, 2.45) is 5.10 Å². The quantitative estimate of drug-likeness (QED) is 0.387. The van der Waals surface area contributed by atoms with Crippen LogP contribution in [0.15, 0.2) is 82.3 Å². The zero-order valence-corrected chi connectivity index (χ0v) is 12.8. The van der Waals surface area contributed by atoms with Gasteiger partial charge in [-0.1, -0.05) is 48.5 Å². The van der Waals surface area contributed by atoms with Gasteiger partial charge >= 0.3 is 5.88 Å². The maximum absolute atomic E-state index is 10.7. The molecule has 6 heteroatoms. The van der Waals surface area contributed by atoms with Gasteiger partial charge in [0.2, 0.25) is 0 Å². The first-order chi connectivity index (χ1) is 11.7. The van der Waals surface area contributed by atoms with E-state index in [2.05, 4.69) is 5.10 Å². The van der Waals surface area contributed by atoms with Crippen molar-refractivity contribution < 1.29 is 9.34 Å². The van der Waals surface area contributed by atoms with Crippen LogP contribution in [0, 0.1) is 10.1 Å². The molecular formula is C18H15N3O3. The number of nitro groups is 1. The van der Waals surface area contributed by atoms with E-state index in [1.807, 2.05) is 65.7 Å². The molecule has 1 heterocycles. The maximum atomic E-state index is 10.7. The lowest BCUT2D eigenvalue weighted by molar-refractivity contribution is -0.402. The van der Waals surface area contributed by atoms with Gasteiger partial charge in [-0.3, -0.25) is 15.1 Å². The van der Waals surface area contributed by atoms with Crippen LogP contribution in [0.25, 0.3) is 0 Å². The molecule has 0 saturated heterocycles. The molecule has 0 aliphatic rings. The van der Waals surface area contributed by atoms with E-state index in [9.17, 15) is 10.1 Å². The van der Waals surface area contributed by atoms with Crippen LogP contribution < -0.4 is 5.01 Å². The number of rotatable bonds is 6. The number of hydrogen-bond acceptors (Lipinski definition) is 5. The zero-order valence-electron chi connectivity index (χ0n) is 12.8. The van der Waals surface area contributed by atoms with Gasteiger partial charge in [-0.15, -0.1) is 0 Å². The van der Waals surface area contributed by atoms with Gasteiger partial charge < -0.3 is 4.42 Å². The summed E-state index contributed by atoms with van der Waals surface area (Å²) < 4.78 is 5.11. The van der Waals surface area contributed by atoms with Gasteiger partial charge in [0.25, 0.3) is 0 Å². The van der Waals surface area contributed by atoms with Crippen LogP contribution >= 0.6 is 0 Å². The van der Waals surface area contributed by atoms with Crippen LogP contribution in [0.1, 0.15) is 11.3 Å². The summed E-state index contributed by atoms with van der Waals surface area (Å²) >= 11 is 0. The molecule has 0 radical (unpaired) electrons. The van der Waals surface area contributed by atoms with Gasteiger partial charge in [-0.05, 0) is 23.8 Å². The molecule has 0 atom stereocenters. The molecule has 0 saturated carbocycles. The molecule has 0 spiro atoms. The first-order valence-corrected chi connectivity index (χ1v) is 7.37. The summed E-state index contributed by atoms with van der Waals surface area (Å²) in [6.07, 6.45) is 1.48. The highest BCUT2D eigenvalue weighted by atomic mass is 16.6. The Morgan fingerprint density at radius 1 is 1.00 bits per heavy atom. The van der Waals surface area contributed by atoms with Crippen molar-refractivity contribution in [3.63, 3.8) is 0 Å². The van der Waals surface area contributed by atoms with Crippen molar-refractivity contribution in [1.29, 1.82) is 0 Å². The van der Waals surface area contributed by atoms with Crippen LogP contribution in [-0.2, 0) is 6.54 Å². The molecule has 6 nitrogen and oxygen atoms in total. The predicted octanol–water partition coefficient (Wildman–Crippen LogP) is 4.23. The highest BCUT2D eigenvalue weighted by Crippen LogP contribution is 2.18. The van der Waals surface area contributed by atoms with Crippen molar-refractivity contribution in [2.75, 3.05) is 5.01 Å². The van der Waals surface area contributed by atoms with Gasteiger partial charge in [0.05, 0.1) is 24.5 Å². The molecule has 24 heavy (non-hydrogen) atoms. The lowest BCUT2D eigenvalue weighted by Gasteiger charge is -2.19. The van der Waals surface area contributed by atoms with Crippen LogP contribution in [-0.4, -0.2) is 11.1 Å². The molecule has 0 fully saturated rings. The highest BCUT2D eigenvalue weighted by molar-refractivity contribution is 5.77. The Labute approximate surface area is 138 Å². The number of benzene rings is 2. The predicted molar refractivity (Wildman–Crippen MR) is 92.0 cm³/mol. The fourth-order valence-corrected chi connectivity index (χ4v) is 2.19. The van der Waals surface area contributed by atoms with Gasteiger partial charge in [-0.25, -0.2) is 0 Å². The molecule has 0 aliphatic carbocycles. The Morgan fingerprint density at radius 3 is 2.29 bits per heavy atom. The van der Waals surface area contributed by atoms with Crippen LogP contribution in [0.2, 0.25) is 0 Å². The van der Waals surface area contributed by atoms with Crippen LogP contribution in [0.3, 0.4) is 0 Å². The average molecular weight is 321 g/mol. The third kappa shape index (κ3) is 3.86. The zero-order chi connectivity index (χ0) is 16.8. The Kier molecular flexibility index (Phi) is 4.67. The molecule has 0 unspecified atom stereocenters. The number of nitrogens with zero attached hydrogens (tertiary/aromatic N) is 3. The topological polar surface area (TPSA) is 71.9 Å². The summed E-state index contributed by atoms with van der Waals surface area (Å²) in [6.45, 7) is 0.574. The summed E-state index contributed by atoms with van der Waals surface area (Å²) in [5.74, 6) is 0.0291. The van der Waals surface area contributed by atoms with Crippen molar-refractivity contribution in [3.05, 3.63) is 94.2 Å². The number of hydrogen-bond donors (Lipinski definition) is 0. The summed E-state index contributed by atoms with van der Waals surface area (Å²) in [7, 11) is 0. The lowest BCUT2D eigenvalue weighted by atomic mass is 10.2. The second-order valence-electron chi connectivity index (χ2n) is 5.06. The Morgan fingerprint density at radius 2 is 1.67 bits per heavy atom. The van der Waals surface area contributed by atoms with E-state index in [1.165, 1.54) is 18.3 Å². The number of hydrazone groups is 1. The smallest absolute Gasteiger partial charge is 0.400 e. The fourth-order valence-electron chi connectivity index (χ4n) is 2.19. The van der Waals surface area contributed by atoms with Crippen molar-refractivity contribution in [1.82, 2.24) is 0 Å². The summed E-state index contributed by atoms with van der Waals surface area (Å²) in [6, 6.07) is 22.5. The largest absolute Gasteiger partial charge is 0.433 e. The number of para-hydroxylation sites is 1. The molecule has 3 rings (SSSR count). The third-order valence-corrected chi connectivity index (χ3v) is 3.35. The van der Waals surface area contributed by atoms with Crippen molar-refractivity contribution in [2.45, 2.75) is 6.54 Å². The SMILES string of the molecule is O=[N+]([O-])c1ccc(/C=N\N(Cc2ccccc2)c2ccccc2)o1. The first kappa shape index (κ1) is 15.5. The maximum Gasteiger partial charge on any atom is 0.433 e. The van der Waals surface area contributed by atoms with Crippen LogP contribution in [0.4, 0.5) is 11.6 Å². The van der Waals surface area contributed by atoms with E-state index < -0.39 is 4.92 Å². The number of furan rings is 1. The highest BCUT2D eigenvalue weighted by Gasteiger charge is 2.11. The molecule has 0 N–H and O–H groups in total. The first-order valence-electron chi connectivity index (χ1n) is 7.37. The van der Waals surface area contributed by atoms with Crippen molar-refractivity contribution in [3.8, 4) is 0 Å². The molecular weight excluding hydrogens is 306 g/mol. The second-order valence-corrected chi connectivity index (χ2v) is 5.06. The van der Waals surface area contributed by atoms with E-state index in [0.29, 0.717) is 12.3 Å². The van der Waals surface area contributed by atoms with Gasteiger partial charge in [0.15, 0.2) is 5.76 Å². The molecule has 1 aromatic heterocycles. The molecule has 3 aromatic rings. The third-order valence-electron chi connectivity index (χ3n) is 3.35. The molecule has 0 bridgehead atoms. The summed E-state index contributed by atoms with van der Waals surface area (Å²) in [5, 5.41) is 16.9. The Balaban J connectivity index is 1.84. The van der Waals surface area contributed by atoms with Gasteiger partial charge in [0, 0.05) is 0 Å². The molecule has 2 aromatic carbocycles. The monoisotopic (exact) mass is 321 g/mol. The second kappa shape index (κ2) is 7.23. The average Bonchev–Trinajstić information content (AvgIpc) is 3.09. The fraction of sp³-hybridized carbons (Fsp3) is 0.0556. The number of anilines is 1. The minimum absolute atomic E-state index is 0.300. The standard InChI is InChI=1S/C18H15N3O3/c22-21(23)18-12-11-17(24-18)13-19-20(16-9-5-2-6-10-16)14-15-7-3-1-4-8-15/h1-13H,14H2/b19-13-. The molecule has 0 aliphatic heterocycles.